The van der Waals surface area contributed by atoms with Crippen LogP contribution in [0.4, 0.5) is 0 Å². The van der Waals surface area contributed by atoms with E-state index in [0.29, 0.717) is 10.9 Å². The van der Waals surface area contributed by atoms with Crippen molar-refractivity contribution in [3.05, 3.63) is 42.0 Å². The van der Waals surface area contributed by atoms with Crippen molar-refractivity contribution in [1.82, 2.24) is 0 Å². The van der Waals surface area contributed by atoms with Crippen molar-refractivity contribution in [2.75, 3.05) is 0 Å². The lowest BCUT2D eigenvalue weighted by molar-refractivity contribution is 0.323. The van der Waals surface area contributed by atoms with E-state index in [2.05, 4.69) is 0 Å². The van der Waals surface area contributed by atoms with E-state index in [4.69, 9.17) is 47.7 Å². The Hall–Kier alpha value is -0.250. The highest BCUT2D eigenvalue weighted by molar-refractivity contribution is 8.05. The monoisotopic (exact) mass is 388 g/mol. The van der Waals surface area contributed by atoms with E-state index in [9.17, 15) is 9.13 Å². The number of hydrogen-bond acceptors (Lipinski definition) is 4. The number of benzene rings is 2. The molecule has 114 valence electrons. The van der Waals surface area contributed by atoms with E-state index in [1.54, 1.807) is 30.3 Å². The Morgan fingerprint density at radius 3 is 2.38 bits per heavy atom. The van der Waals surface area contributed by atoms with Crippen molar-refractivity contribution < 1.29 is 23.1 Å². The Morgan fingerprint density at radius 2 is 1.76 bits per heavy atom. The number of rotatable bonds is 5. The summed E-state index contributed by atoms with van der Waals surface area (Å²) in [5.41, 5.74) is 0.510. The van der Waals surface area contributed by atoms with Gasteiger partial charge in [-0.15, -0.1) is 0 Å². The van der Waals surface area contributed by atoms with Gasteiger partial charge in [0.05, 0.1) is 6.61 Å². The zero-order valence-electron chi connectivity index (χ0n) is 10.3. The molecular weight excluding hydrogens is 380 g/mol. The maximum atomic E-state index is 11.2. The summed E-state index contributed by atoms with van der Waals surface area (Å²) >= 11 is 15.9. The molecule has 0 radical (unpaired) electrons. The molecule has 2 aromatic carbocycles. The van der Waals surface area contributed by atoms with E-state index < -0.39 is 13.0 Å². The molecule has 0 aliphatic carbocycles. The van der Waals surface area contributed by atoms with Gasteiger partial charge in [0, 0.05) is 16.6 Å². The topological polar surface area (TPSA) is 72.8 Å². The lowest BCUT2D eigenvalue weighted by Crippen LogP contribution is -1.92. The Labute approximate surface area is 135 Å². The zero-order valence-corrected chi connectivity index (χ0v) is 14.3. The second-order valence-electron chi connectivity index (χ2n) is 4.05. The summed E-state index contributed by atoms with van der Waals surface area (Å²) in [5, 5.41) is 1.31. The molecule has 2 rings (SSSR count). The molecule has 0 aliphatic heterocycles. The number of fused-ring (bicyclic) bond motifs is 1. The summed E-state index contributed by atoms with van der Waals surface area (Å²) in [6, 6.07) is 10.2. The van der Waals surface area contributed by atoms with E-state index in [1.165, 1.54) is 6.07 Å². The van der Waals surface area contributed by atoms with Gasteiger partial charge in [-0.2, -0.15) is 0 Å². The van der Waals surface area contributed by atoms with Crippen LogP contribution in [0.3, 0.4) is 0 Å². The SMILES string of the molecule is O=P(O)(Cl)Oc1cc(COP(=O)(Cl)Cl)cc2ccccc12. The second kappa shape index (κ2) is 6.47. The summed E-state index contributed by atoms with van der Waals surface area (Å²) in [5.74, 6) is 0.103. The van der Waals surface area contributed by atoms with Crippen molar-refractivity contribution in [3.63, 3.8) is 0 Å². The van der Waals surface area contributed by atoms with Crippen LogP contribution < -0.4 is 4.52 Å². The van der Waals surface area contributed by atoms with E-state index in [0.717, 1.165) is 5.39 Å². The van der Waals surface area contributed by atoms with Gasteiger partial charge in [-0.1, -0.05) is 24.3 Å². The summed E-state index contributed by atoms with van der Waals surface area (Å²) in [6.07, 6.45) is -3.67. The fourth-order valence-corrected chi connectivity index (χ4v) is 2.97. The Kier molecular flexibility index (Phi) is 5.27. The number of hydrogen-bond donors (Lipinski definition) is 1. The van der Waals surface area contributed by atoms with Crippen LogP contribution >= 0.6 is 46.7 Å². The first kappa shape index (κ1) is 17.1. The van der Waals surface area contributed by atoms with Gasteiger partial charge in [-0.05, 0) is 45.6 Å². The quantitative estimate of drug-likeness (QED) is 0.668. The van der Waals surface area contributed by atoms with Crippen molar-refractivity contribution >= 4 is 57.5 Å². The standard InChI is InChI=1S/C11H9Cl3O5P2/c12-20(13,15)18-7-8-5-9-3-1-2-4-10(9)11(6-8)19-21(14,16)17/h1-6H,7H2,(H,16,17). The highest BCUT2D eigenvalue weighted by atomic mass is 35.9. The molecule has 0 amide bonds. The molecule has 1 atom stereocenters. The van der Waals surface area contributed by atoms with Crippen LogP contribution in [-0.4, -0.2) is 4.89 Å². The van der Waals surface area contributed by atoms with Crippen LogP contribution in [0.5, 0.6) is 5.75 Å². The molecule has 0 aliphatic rings. The molecule has 10 heteroatoms. The van der Waals surface area contributed by atoms with Gasteiger partial charge in [0.1, 0.15) is 5.75 Å². The molecular formula is C11H9Cl3O5P2. The van der Waals surface area contributed by atoms with E-state index in [-0.39, 0.29) is 12.4 Å². The van der Waals surface area contributed by atoms with Gasteiger partial charge in [-0.25, -0.2) is 4.57 Å². The van der Waals surface area contributed by atoms with E-state index >= 15 is 0 Å². The van der Waals surface area contributed by atoms with Gasteiger partial charge >= 0.3 is 13.0 Å². The molecule has 0 saturated carbocycles. The first-order valence-electron chi connectivity index (χ1n) is 5.52. The molecule has 21 heavy (non-hydrogen) atoms. The van der Waals surface area contributed by atoms with Gasteiger partial charge in [-0.3, -0.25) is 4.57 Å². The largest absolute Gasteiger partial charge is 0.474 e. The van der Waals surface area contributed by atoms with Crippen LogP contribution in [0, 0.1) is 0 Å². The van der Waals surface area contributed by atoms with Crippen molar-refractivity contribution in [2.45, 2.75) is 6.61 Å². The Balaban J connectivity index is 2.44. The molecule has 1 N–H and O–H groups in total. The molecule has 0 bridgehead atoms. The third-order valence-electron chi connectivity index (χ3n) is 2.48. The third-order valence-corrected chi connectivity index (χ3v) is 4.12. The molecule has 0 heterocycles. The average molecular weight is 389 g/mol. The van der Waals surface area contributed by atoms with Crippen molar-refractivity contribution in [1.29, 1.82) is 0 Å². The highest BCUT2D eigenvalue weighted by Gasteiger charge is 2.19. The van der Waals surface area contributed by atoms with Gasteiger partial charge < -0.3 is 13.9 Å². The Bertz CT molecular complexity index is 755. The van der Waals surface area contributed by atoms with Crippen LogP contribution in [0.1, 0.15) is 5.56 Å². The van der Waals surface area contributed by atoms with Crippen LogP contribution in [0.2, 0.25) is 0 Å². The molecule has 0 saturated heterocycles. The summed E-state index contributed by atoms with van der Waals surface area (Å²) in [7, 11) is 0. The van der Waals surface area contributed by atoms with Gasteiger partial charge in [0.15, 0.2) is 0 Å². The maximum Gasteiger partial charge on any atom is 0.474 e. The summed E-state index contributed by atoms with van der Waals surface area (Å²) in [4.78, 5) is 9.16. The normalized spacial score (nSPS) is 14.9. The van der Waals surface area contributed by atoms with Crippen LogP contribution in [0.25, 0.3) is 10.8 Å². The molecule has 0 fully saturated rings. The number of halogens is 3. The average Bonchev–Trinajstić information content (AvgIpc) is 2.34. The first-order valence-corrected chi connectivity index (χ1v) is 11.4. The summed E-state index contributed by atoms with van der Waals surface area (Å²) in [6.45, 7) is -4.39. The lowest BCUT2D eigenvalue weighted by atomic mass is 10.1. The molecule has 1 unspecified atom stereocenters. The Morgan fingerprint density at radius 1 is 1.10 bits per heavy atom. The van der Waals surface area contributed by atoms with E-state index in [1.807, 2.05) is 0 Å². The fraction of sp³-hybridized carbons (Fsp3) is 0.0909. The third kappa shape index (κ3) is 5.46. The minimum Gasteiger partial charge on any atom is -0.413 e. The first-order chi connectivity index (χ1) is 9.64. The molecule has 0 spiro atoms. The zero-order chi connectivity index (χ0) is 15.7. The molecule has 2 aromatic rings. The molecule has 0 aromatic heterocycles. The minimum atomic E-state index is -4.24. The van der Waals surface area contributed by atoms with Crippen LogP contribution in [0.15, 0.2) is 36.4 Å². The fourth-order valence-electron chi connectivity index (χ4n) is 1.76. The van der Waals surface area contributed by atoms with Crippen molar-refractivity contribution in [3.8, 4) is 5.75 Å². The lowest BCUT2D eigenvalue weighted by Gasteiger charge is -2.12. The smallest absolute Gasteiger partial charge is 0.413 e. The minimum absolute atomic E-state index is 0.103. The van der Waals surface area contributed by atoms with Crippen LogP contribution in [-0.2, 0) is 20.3 Å². The van der Waals surface area contributed by atoms with Gasteiger partial charge in [0.25, 0.3) is 0 Å². The predicted octanol–water partition coefficient (Wildman–Crippen LogP) is 5.66. The maximum absolute atomic E-state index is 11.2. The summed E-state index contributed by atoms with van der Waals surface area (Å²) < 4.78 is 32.1. The van der Waals surface area contributed by atoms with Gasteiger partial charge in [0.2, 0.25) is 0 Å². The van der Waals surface area contributed by atoms with Crippen molar-refractivity contribution in [2.24, 2.45) is 0 Å². The highest BCUT2D eigenvalue weighted by Crippen LogP contribution is 2.58. The predicted molar refractivity (Wildman–Crippen MR) is 84.4 cm³/mol. The molecule has 5 nitrogen and oxygen atoms in total. The second-order valence-corrected chi connectivity index (χ2v) is 10.7.